The van der Waals surface area contributed by atoms with E-state index in [-0.39, 0.29) is 11.7 Å². The van der Waals surface area contributed by atoms with E-state index in [1.54, 1.807) is 6.92 Å². The highest BCUT2D eigenvalue weighted by atomic mass is 32.2. The van der Waals surface area contributed by atoms with E-state index in [2.05, 4.69) is 0 Å². The molecule has 0 spiro atoms. The third kappa shape index (κ3) is 4.88. The van der Waals surface area contributed by atoms with Gasteiger partial charge in [-0.15, -0.1) is 0 Å². The van der Waals surface area contributed by atoms with Gasteiger partial charge in [0.05, 0.1) is 12.4 Å². The number of sulfonamides is 1. The zero-order valence-corrected chi connectivity index (χ0v) is 12.7. The molecule has 0 fully saturated rings. The first-order chi connectivity index (χ1) is 9.96. The number of benzene rings is 2. The van der Waals surface area contributed by atoms with Crippen molar-refractivity contribution < 1.29 is 13.2 Å². The smallest absolute Gasteiger partial charge is 0.209 e. The Hall–Kier alpha value is -1.85. The summed E-state index contributed by atoms with van der Waals surface area (Å²) in [5.41, 5.74) is 2.05. The lowest BCUT2D eigenvalue weighted by molar-refractivity contribution is 0.273. The molecule has 2 rings (SSSR count). The number of nitrogens with two attached hydrogens (primary N) is 1. The van der Waals surface area contributed by atoms with Crippen LogP contribution in [0.3, 0.4) is 0 Å². The van der Waals surface area contributed by atoms with Gasteiger partial charge in [-0.1, -0.05) is 55.5 Å². The second-order valence-corrected chi connectivity index (χ2v) is 6.77. The van der Waals surface area contributed by atoms with Gasteiger partial charge in [0.1, 0.15) is 5.75 Å². The Labute approximate surface area is 125 Å². The van der Waals surface area contributed by atoms with Gasteiger partial charge >= 0.3 is 0 Å². The number of rotatable bonds is 6. The lowest BCUT2D eigenvalue weighted by Crippen LogP contribution is -2.25. The summed E-state index contributed by atoms with van der Waals surface area (Å²) in [7, 11) is -3.47. The summed E-state index contributed by atoms with van der Waals surface area (Å²) in [5, 5.41) is 5.04. The fourth-order valence-electron chi connectivity index (χ4n) is 2.13. The topological polar surface area (TPSA) is 69.4 Å². The molecule has 21 heavy (non-hydrogen) atoms. The highest BCUT2D eigenvalue weighted by Crippen LogP contribution is 2.29. The largest absolute Gasteiger partial charge is 0.493 e. The molecule has 4 nitrogen and oxygen atoms in total. The lowest BCUT2D eigenvalue weighted by atomic mass is 10.0. The molecular weight excluding hydrogens is 286 g/mol. The minimum absolute atomic E-state index is 0.0828. The monoisotopic (exact) mass is 305 g/mol. The molecule has 0 amide bonds. The molecule has 0 bridgehead atoms. The molecule has 0 saturated heterocycles. The van der Waals surface area contributed by atoms with Gasteiger partial charge < -0.3 is 4.74 Å². The van der Waals surface area contributed by atoms with Crippen LogP contribution < -0.4 is 9.88 Å². The van der Waals surface area contributed by atoms with Gasteiger partial charge in [-0.05, 0) is 11.6 Å². The van der Waals surface area contributed by atoms with Crippen LogP contribution in [0.2, 0.25) is 0 Å². The average molecular weight is 305 g/mol. The quantitative estimate of drug-likeness (QED) is 0.892. The van der Waals surface area contributed by atoms with Crippen LogP contribution in [0.15, 0.2) is 54.6 Å². The summed E-state index contributed by atoms with van der Waals surface area (Å²) in [4.78, 5) is 0. The molecule has 0 saturated carbocycles. The van der Waals surface area contributed by atoms with Crippen molar-refractivity contribution in [3.63, 3.8) is 0 Å². The van der Waals surface area contributed by atoms with Gasteiger partial charge in [-0.2, -0.15) is 0 Å². The van der Waals surface area contributed by atoms with Crippen LogP contribution in [0.25, 0.3) is 11.1 Å². The molecule has 0 aliphatic rings. The Kier molecular flexibility index (Phi) is 4.98. The van der Waals surface area contributed by atoms with Crippen LogP contribution in [-0.4, -0.2) is 20.8 Å². The fourth-order valence-corrected chi connectivity index (χ4v) is 3.01. The third-order valence-corrected chi connectivity index (χ3v) is 4.05. The Morgan fingerprint density at radius 3 is 2.33 bits per heavy atom. The summed E-state index contributed by atoms with van der Waals surface area (Å²) < 4.78 is 27.9. The predicted molar refractivity (Wildman–Crippen MR) is 84.5 cm³/mol. The predicted octanol–water partition coefficient (Wildman–Crippen LogP) is 2.66. The molecule has 2 aromatic carbocycles. The first kappa shape index (κ1) is 15.5. The standard InChI is InChI=1S/C16H19NO3S/c1-13(12-21(17,18)19)11-20-16-10-6-5-9-15(16)14-7-3-2-4-8-14/h2-10,13H,11-12H2,1H3,(H2,17,18,19). The van der Waals surface area contributed by atoms with Gasteiger partial charge in [-0.25, -0.2) is 13.6 Å². The zero-order chi connectivity index (χ0) is 15.3. The Morgan fingerprint density at radius 2 is 1.67 bits per heavy atom. The molecule has 2 aromatic rings. The second-order valence-electron chi connectivity index (χ2n) is 5.11. The van der Waals surface area contributed by atoms with Gasteiger partial charge in [-0.3, -0.25) is 0 Å². The molecule has 2 N–H and O–H groups in total. The molecule has 112 valence electrons. The number of para-hydroxylation sites is 1. The average Bonchev–Trinajstić information content (AvgIpc) is 2.45. The highest BCUT2D eigenvalue weighted by molar-refractivity contribution is 7.89. The summed E-state index contributed by atoms with van der Waals surface area (Å²) in [6.07, 6.45) is 0. The maximum atomic E-state index is 11.1. The number of hydrogen-bond acceptors (Lipinski definition) is 3. The van der Waals surface area contributed by atoms with Crippen molar-refractivity contribution in [2.75, 3.05) is 12.4 Å². The maximum absolute atomic E-state index is 11.1. The van der Waals surface area contributed by atoms with Crippen molar-refractivity contribution in [3.8, 4) is 16.9 Å². The molecule has 0 aliphatic heterocycles. The molecule has 5 heteroatoms. The van der Waals surface area contributed by atoms with Crippen LogP contribution in [0.5, 0.6) is 5.75 Å². The zero-order valence-electron chi connectivity index (χ0n) is 11.9. The number of primary sulfonamides is 1. The second kappa shape index (κ2) is 6.74. The van der Waals surface area contributed by atoms with Crippen molar-refractivity contribution in [1.82, 2.24) is 0 Å². The normalized spacial score (nSPS) is 12.9. The van der Waals surface area contributed by atoms with Gasteiger partial charge in [0.15, 0.2) is 0 Å². The molecular formula is C16H19NO3S. The van der Waals surface area contributed by atoms with Crippen molar-refractivity contribution >= 4 is 10.0 Å². The van der Waals surface area contributed by atoms with E-state index in [0.29, 0.717) is 6.61 Å². The Morgan fingerprint density at radius 1 is 1.05 bits per heavy atom. The first-order valence-electron chi connectivity index (χ1n) is 6.73. The van der Waals surface area contributed by atoms with Crippen molar-refractivity contribution in [2.24, 2.45) is 11.1 Å². The van der Waals surface area contributed by atoms with E-state index in [1.807, 2.05) is 54.6 Å². The van der Waals surface area contributed by atoms with E-state index < -0.39 is 10.0 Å². The van der Waals surface area contributed by atoms with Crippen LogP contribution in [0.1, 0.15) is 6.92 Å². The van der Waals surface area contributed by atoms with Gasteiger partial charge in [0.25, 0.3) is 0 Å². The third-order valence-electron chi connectivity index (χ3n) is 3.01. The molecule has 0 radical (unpaired) electrons. The molecule has 1 unspecified atom stereocenters. The van der Waals surface area contributed by atoms with E-state index in [1.165, 1.54) is 0 Å². The summed E-state index contributed by atoms with van der Waals surface area (Å²) in [6, 6.07) is 17.6. The van der Waals surface area contributed by atoms with E-state index in [0.717, 1.165) is 16.9 Å². The maximum Gasteiger partial charge on any atom is 0.209 e. The Bertz CT molecular complexity index is 684. The van der Waals surface area contributed by atoms with E-state index >= 15 is 0 Å². The summed E-state index contributed by atoms with van der Waals surface area (Å²) >= 11 is 0. The minimum atomic E-state index is -3.47. The fraction of sp³-hybridized carbons (Fsp3) is 0.250. The molecule has 0 aliphatic carbocycles. The first-order valence-corrected chi connectivity index (χ1v) is 8.45. The SMILES string of the molecule is CC(COc1ccccc1-c1ccccc1)CS(N)(=O)=O. The van der Waals surface area contributed by atoms with Crippen LogP contribution in [0.4, 0.5) is 0 Å². The summed E-state index contributed by atoms with van der Waals surface area (Å²) in [6.45, 7) is 2.11. The molecule has 0 aromatic heterocycles. The molecule has 1 atom stereocenters. The lowest BCUT2D eigenvalue weighted by Gasteiger charge is -2.15. The van der Waals surface area contributed by atoms with E-state index in [9.17, 15) is 8.42 Å². The van der Waals surface area contributed by atoms with Crippen molar-refractivity contribution in [1.29, 1.82) is 0 Å². The summed E-state index contributed by atoms with van der Waals surface area (Å²) in [5.74, 6) is 0.495. The van der Waals surface area contributed by atoms with Gasteiger partial charge in [0, 0.05) is 11.5 Å². The molecule has 0 heterocycles. The van der Waals surface area contributed by atoms with Crippen LogP contribution in [-0.2, 0) is 10.0 Å². The van der Waals surface area contributed by atoms with Crippen molar-refractivity contribution in [3.05, 3.63) is 54.6 Å². The van der Waals surface area contributed by atoms with Crippen molar-refractivity contribution in [2.45, 2.75) is 6.92 Å². The van der Waals surface area contributed by atoms with Crippen LogP contribution >= 0.6 is 0 Å². The van der Waals surface area contributed by atoms with Crippen LogP contribution in [0, 0.1) is 5.92 Å². The minimum Gasteiger partial charge on any atom is -0.493 e. The number of ether oxygens (including phenoxy) is 1. The Balaban J connectivity index is 2.11. The van der Waals surface area contributed by atoms with Gasteiger partial charge in [0.2, 0.25) is 10.0 Å². The van der Waals surface area contributed by atoms with E-state index in [4.69, 9.17) is 9.88 Å². The highest BCUT2D eigenvalue weighted by Gasteiger charge is 2.13. The number of hydrogen-bond donors (Lipinski definition) is 1.